The molecule has 0 spiro atoms. The van der Waals surface area contributed by atoms with Gasteiger partial charge in [-0.1, -0.05) is 13.8 Å². The SMILES string of the molecule is CCC[NH2+]C(C)CC. The van der Waals surface area contributed by atoms with Gasteiger partial charge in [0.2, 0.25) is 0 Å². The molecule has 1 nitrogen and oxygen atoms in total. The van der Waals surface area contributed by atoms with E-state index in [-0.39, 0.29) is 0 Å². The van der Waals surface area contributed by atoms with Crippen LogP contribution in [0.4, 0.5) is 0 Å². The van der Waals surface area contributed by atoms with Crippen LogP contribution in [-0.2, 0) is 0 Å². The van der Waals surface area contributed by atoms with E-state index >= 15 is 0 Å². The van der Waals surface area contributed by atoms with E-state index in [0.29, 0.717) is 0 Å². The standard InChI is InChI=1S/C7H17N/c1-4-6-8-7(3)5-2/h7-8H,4-6H2,1-3H3/p+1. The Kier molecular flexibility index (Phi) is 5.08. The van der Waals surface area contributed by atoms with E-state index < -0.39 is 0 Å². The zero-order valence-corrected chi connectivity index (χ0v) is 6.28. The largest absolute Gasteiger partial charge is 0.344 e. The first kappa shape index (κ1) is 7.96. The third kappa shape index (κ3) is 4.13. The Balaban J connectivity index is 2.86. The number of rotatable bonds is 4. The van der Waals surface area contributed by atoms with Gasteiger partial charge in [0, 0.05) is 0 Å². The van der Waals surface area contributed by atoms with Gasteiger partial charge in [0.1, 0.15) is 0 Å². The summed E-state index contributed by atoms with van der Waals surface area (Å²) < 4.78 is 0. The second kappa shape index (κ2) is 5.10. The van der Waals surface area contributed by atoms with Crippen LogP contribution in [0.25, 0.3) is 0 Å². The van der Waals surface area contributed by atoms with Gasteiger partial charge in [-0.15, -0.1) is 0 Å². The van der Waals surface area contributed by atoms with Crippen molar-refractivity contribution < 1.29 is 5.32 Å². The smallest absolute Gasteiger partial charge is 0.0827 e. The van der Waals surface area contributed by atoms with Crippen LogP contribution in [0.5, 0.6) is 0 Å². The van der Waals surface area contributed by atoms with Crippen LogP contribution in [0.15, 0.2) is 0 Å². The Morgan fingerprint density at radius 3 is 2.38 bits per heavy atom. The van der Waals surface area contributed by atoms with E-state index in [1.807, 2.05) is 0 Å². The van der Waals surface area contributed by atoms with E-state index in [0.717, 1.165) is 6.04 Å². The van der Waals surface area contributed by atoms with Crippen molar-refractivity contribution in [2.24, 2.45) is 0 Å². The highest BCUT2D eigenvalue weighted by molar-refractivity contribution is 4.36. The number of hydrogen-bond acceptors (Lipinski definition) is 0. The molecule has 0 fully saturated rings. The first-order chi connectivity index (χ1) is 3.81. The van der Waals surface area contributed by atoms with Crippen LogP contribution in [0.3, 0.4) is 0 Å². The van der Waals surface area contributed by atoms with Crippen LogP contribution in [0, 0.1) is 0 Å². The number of nitrogens with two attached hydrogens (primary N) is 1. The molecule has 0 aliphatic carbocycles. The van der Waals surface area contributed by atoms with Crippen molar-refractivity contribution in [1.29, 1.82) is 0 Å². The third-order valence-corrected chi connectivity index (χ3v) is 1.50. The number of hydrogen-bond donors (Lipinski definition) is 1. The Morgan fingerprint density at radius 2 is 2.00 bits per heavy atom. The van der Waals surface area contributed by atoms with Gasteiger partial charge in [-0.2, -0.15) is 0 Å². The molecule has 0 amide bonds. The molecule has 0 heterocycles. The van der Waals surface area contributed by atoms with Crippen molar-refractivity contribution in [3.63, 3.8) is 0 Å². The zero-order valence-electron chi connectivity index (χ0n) is 6.28. The van der Waals surface area contributed by atoms with Gasteiger partial charge >= 0.3 is 0 Å². The van der Waals surface area contributed by atoms with Crippen molar-refractivity contribution in [3.05, 3.63) is 0 Å². The lowest BCUT2D eigenvalue weighted by Gasteiger charge is -2.04. The molecular weight excluding hydrogens is 98.1 g/mol. The summed E-state index contributed by atoms with van der Waals surface area (Å²) >= 11 is 0. The monoisotopic (exact) mass is 116 g/mol. The van der Waals surface area contributed by atoms with E-state index in [1.165, 1.54) is 19.4 Å². The van der Waals surface area contributed by atoms with Crippen LogP contribution < -0.4 is 5.32 Å². The van der Waals surface area contributed by atoms with Gasteiger partial charge in [-0.25, -0.2) is 0 Å². The quantitative estimate of drug-likeness (QED) is 0.558. The highest BCUT2D eigenvalue weighted by Gasteiger charge is 1.96. The predicted octanol–water partition coefficient (Wildman–Crippen LogP) is 0.758. The molecule has 0 rings (SSSR count). The van der Waals surface area contributed by atoms with Crippen LogP contribution in [0.1, 0.15) is 33.6 Å². The fraction of sp³-hybridized carbons (Fsp3) is 1.00. The Labute approximate surface area is 52.5 Å². The molecular formula is C7H18N+. The zero-order chi connectivity index (χ0) is 6.41. The summed E-state index contributed by atoms with van der Waals surface area (Å²) in [5.41, 5.74) is 0. The molecule has 2 N–H and O–H groups in total. The fourth-order valence-corrected chi connectivity index (χ4v) is 0.618. The maximum atomic E-state index is 2.40. The molecule has 0 bridgehead atoms. The van der Waals surface area contributed by atoms with Gasteiger partial charge in [0.05, 0.1) is 12.6 Å². The van der Waals surface area contributed by atoms with Crippen molar-refractivity contribution in [2.75, 3.05) is 6.54 Å². The Hall–Kier alpha value is -0.0400. The molecule has 0 radical (unpaired) electrons. The predicted molar refractivity (Wildman–Crippen MR) is 36.8 cm³/mol. The minimum absolute atomic E-state index is 0.829. The highest BCUT2D eigenvalue weighted by atomic mass is 14.9. The molecule has 0 aromatic rings. The van der Waals surface area contributed by atoms with Crippen molar-refractivity contribution in [2.45, 2.75) is 39.7 Å². The van der Waals surface area contributed by atoms with Crippen LogP contribution >= 0.6 is 0 Å². The highest BCUT2D eigenvalue weighted by Crippen LogP contribution is 1.77. The summed E-state index contributed by atoms with van der Waals surface area (Å²) in [7, 11) is 0. The summed E-state index contributed by atoms with van der Waals surface area (Å²) in [5, 5.41) is 2.40. The molecule has 50 valence electrons. The first-order valence-corrected chi connectivity index (χ1v) is 3.64. The first-order valence-electron chi connectivity index (χ1n) is 3.64. The van der Waals surface area contributed by atoms with E-state index in [9.17, 15) is 0 Å². The average Bonchev–Trinajstić information content (AvgIpc) is 1.83. The Bertz CT molecular complexity index is 43.7. The minimum Gasteiger partial charge on any atom is -0.344 e. The summed E-state index contributed by atoms with van der Waals surface area (Å²) in [5.74, 6) is 0. The fourth-order valence-electron chi connectivity index (χ4n) is 0.618. The second-order valence-corrected chi connectivity index (χ2v) is 2.41. The molecule has 0 aliphatic heterocycles. The van der Waals surface area contributed by atoms with Gasteiger partial charge in [0.25, 0.3) is 0 Å². The molecule has 0 saturated heterocycles. The van der Waals surface area contributed by atoms with E-state index in [1.54, 1.807) is 0 Å². The molecule has 0 aliphatic rings. The second-order valence-electron chi connectivity index (χ2n) is 2.41. The molecule has 1 atom stereocenters. The van der Waals surface area contributed by atoms with Gasteiger partial charge in [-0.05, 0) is 19.8 Å². The summed E-state index contributed by atoms with van der Waals surface area (Å²) in [6.07, 6.45) is 2.59. The maximum Gasteiger partial charge on any atom is 0.0827 e. The number of quaternary nitrogens is 1. The molecule has 8 heavy (non-hydrogen) atoms. The normalized spacial score (nSPS) is 13.9. The Morgan fingerprint density at radius 1 is 1.38 bits per heavy atom. The molecule has 0 saturated carbocycles. The lowest BCUT2D eigenvalue weighted by atomic mass is 10.2. The minimum atomic E-state index is 0.829. The topological polar surface area (TPSA) is 16.6 Å². The van der Waals surface area contributed by atoms with Gasteiger partial charge < -0.3 is 5.32 Å². The van der Waals surface area contributed by atoms with Gasteiger partial charge in [0.15, 0.2) is 0 Å². The van der Waals surface area contributed by atoms with Crippen molar-refractivity contribution in [3.8, 4) is 0 Å². The van der Waals surface area contributed by atoms with Crippen LogP contribution in [0.2, 0.25) is 0 Å². The summed E-state index contributed by atoms with van der Waals surface area (Å²) in [6.45, 7) is 8.01. The van der Waals surface area contributed by atoms with Crippen molar-refractivity contribution >= 4 is 0 Å². The maximum absolute atomic E-state index is 2.40. The van der Waals surface area contributed by atoms with Crippen molar-refractivity contribution in [1.82, 2.24) is 0 Å². The van der Waals surface area contributed by atoms with Crippen LogP contribution in [-0.4, -0.2) is 12.6 Å². The molecule has 1 heteroatoms. The van der Waals surface area contributed by atoms with E-state index in [2.05, 4.69) is 26.1 Å². The average molecular weight is 116 g/mol. The molecule has 0 aromatic carbocycles. The lowest BCUT2D eigenvalue weighted by Crippen LogP contribution is -2.89. The molecule has 1 unspecified atom stereocenters. The molecule has 0 aromatic heterocycles. The lowest BCUT2D eigenvalue weighted by molar-refractivity contribution is -0.686. The van der Waals surface area contributed by atoms with E-state index in [4.69, 9.17) is 0 Å². The summed E-state index contributed by atoms with van der Waals surface area (Å²) in [4.78, 5) is 0. The summed E-state index contributed by atoms with van der Waals surface area (Å²) in [6, 6.07) is 0.829. The third-order valence-electron chi connectivity index (χ3n) is 1.50. The van der Waals surface area contributed by atoms with Gasteiger partial charge in [-0.3, -0.25) is 0 Å².